The van der Waals surface area contributed by atoms with Crippen molar-refractivity contribution in [3.63, 3.8) is 0 Å². The van der Waals surface area contributed by atoms with Crippen LogP contribution in [0.15, 0.2) is 24.3 Å². The predicted octanol–water partition coefficient (Wildman–Crippen LogP) is 4.04. The van der Waals surface area contributed by atoms with Crippen LogP contribution < -0.4 is 25.3 Å². The van der Waals surface area contributed by atoms with Crippen LogP contribution in [0, 0.1) is 20.8 Å². The van der Waals surface area contributed by atoms with Gasteiger partial charge in [-0.3, -0.25) is 4.79 Å². The number of methoxy groups -OCH3 is 2. The Bertz CT molecular complexity index is 907. The second-order valence-electron chi connectivity index (χ2n) is 8.49. The number of rotatable bonds is 11. The molecule has 32 heavy (non-hydrogen) atoms. The third-order valence-corrected chi connectivity index (χ3v) is 5.71. The summed E-state index contributed by atoms with van der Waals surface area (Å²) in [6, 6.07) is 7.29. The summed E-state index contributed by atoms with van der Waals surface area (Å²) < 4.78 is 17.3. The third kappa shape index (κ3) is 6.39. The first-order valence-electron chi connectivity index (χ1n) is 11.2. The number of benzene rings is 2. The van der Waals surface area contributed by atoms with Crippen LogP contribution in [0.3, 0.4) is 0 Å². The van der Waals surface area contributed by atoms with Gasteiger partial charge in [0.25, 0.3) is 0 Å². The van der Waals surface area contributed by atoms with Gasteiger partial charge < -0.3 is 25.3 Å². The maximum Gasteiger partial charge on any atom is 0.237 e. The molecule has 6 nitrogen and oxygen atoms in total. The van der Waals surface area contributed by atoms with Crippen molar-refractivity contribution < 1.29 is 19.0 Å². The van der Waals surface area contributed by atoms with Gasteiger partial charge in [-0.25, -0.2) is 0 Å². The zero-order valence-electron chi connectivity index (χ0n) is 20.5. The molecule has 1 amide bonds. The summed E-state index contributed by atoms with van der Waals surface area (Å²) in [5, 5.41) is 2.84. The zero-order valence-corrected chi connectivity index (χ0v) is 20.5. The van der Waals surface area contributed by atoms with Crippen LogP contribution in [-0.4, -0.2) is 38.8 Å². The standard InChI is InChI=1S/C26H38N2O4/c1-16(2)28-26(29)23(27)15-20-10-12-21(13-11-20)32-14-8-9-22-19(5)24(30-6)17(3)18(4)25(22)31-7/h10-13,16,23H,8-9,14-15,27H2,1-7H3,(H,28,29). The summed E-state index contributed by atoms with van der Waals surface area (Å²) >= 11 is 0. The van der Waals surface area contributed by atoms with Crippen LogP contribution in [-0.2, 0) is 17.6 Å². The topological polar surface area (TPSA) is 82.8 Å². The molecule has 0 saturated carbocycles. The number of hydrogen-bond acceptors (Lipinski definition) is 5. The number of nitrogens with one attached hydrogen (secondary N) is 1. The Morgan fingerprint density at radius 1 is 0.969 bits per heavy atom. The van der Waals surface area contributed by atoms with Crippen LogP contribution in [0.5, 0.6) is 17.2 Å². The Labute approximate surface area is 192 Å². The van der Waals surface area contributed by atoms with Crippen molar-refractivity contribution in [2.24, 2.45) is 5.73 Å². The lowest BCUT2D eigenvalue weighted by molar-refractivity contribution is -0.122. The van der Waals surface area contributed by atoms with E-state index in [4.69, 9.17) is 19.9 Å². The van der Waals surface area contributed by atoms with Crippen molar-refractivity contribution in [2.75, 3.05) is 20.8 Å². The van der Waals surface area contributed by atoms with E-state index < -0.39 is 6.04 Å². The van der Waals surface area contributed by atoms with Gasteiger partial charge in [0.1, 0.15) is 17.2 Å². The van der Waals surface area contributed by atoms with Crippen LogP contribution in [0.4, 0.5) is 0 Å². The van der Waals surface area contributed by atoms with E-state index in [0.29, 0.717) is 13.0 Å². The van der Waals surface area contributed by atoms with Crippen LogP contribution in [0.25, 0.3) is 0 Å². The summed E-state index contributed by atoms with van der Waals surface area (Å²) in [6.07, 6.45) is 2.18. The molecule has 0 aromatic heterocycles. The molecule has 1 unspecified atom stereocenters. The van der Waals surface area contributed by atoms with E-state index in [1.165, 1.54) is 5.56 Å². The van der Waals surface area contributed by atoms with E-state index in [2.05, 4.69) is 26.1 Å². The fraction of sp³-hybridized carbons (Fsp3) is 0.500. The molecule has 3 N–H and O–H groups in total. The van der Waals surface area contributed by atoms with Crippen molar-refractivity contribution in [3.8, 4) is 17.2 Å². The Kier molecular flexibility index (Phi) is 9.39. The maximum atomic E-state index is 12.0. The van der Waals surface area contributed by atoms with Crippen molar-refractivity contribution >= 4 is 5.91 Å². The summed E-state index contributed by atoms with van der Waals surface area (Å²) in [4.78, 5) is 12.0. The number of hydrogen-bond donors (Lipinski definition) is 2. The Hall–Kier alpha value is -2.73. The van der Waals surface area contributed by atoms with Crippen LogP contribution in [0.2, 0.25) is 0 Å². The van der Waals surface area contributed by atoms with Crippen molar-refractivity contribution in [2.45, 2.75) is 66.0 Å². The molecule has 0 aliphatic carbocycles. The van der Waals surface area contributed by atoms with E-state index in [1.54, 1.807) is 14.2 Å². The summed E-state index contributed by atoms with van der Waals surface area (Å²) in [7, 11) is 3.43. The fourth-order valence-electron chi connectivity index (χ4n) is 3.94. The largest absolute Gasteiger partial charge is 0.496 e. The Morgan fingerprint density at radius 2 is 1.56 bits per heavy atom. The van der Waals surface area contributed by atoms with E-state index in [9.17, 15) is 4.79 Å². The molecular weight excluding hydrogens is 404 g/mol. The molecule has 0 heterocycles. The molecule has 0 spiro atoms. The van der Waals surface area contributed by atoms with Gasteiger partial charge in [0.15, 0.2) is 0 Å². The molecule has 0 fully saturated rings. The summed E-state index contributed by atoms with van der Waals surface area (Å²) in [5.41, 5.74) is 11.5. The van der Waals surface area contributed by atoms with Crippen molar-refractivity contribution in [1.82, 2.24) is 5.32 Å². The number of nitrogens with two attached hydrogens (primary N) is 1. The highest BCUT2D eigenvalue weighted by molar-refractivity contribution is 5.82. The normalized spacial score (nSPS) is 11.9. The van der Waals surface area contributed by atoms with E-state index in [1.807, 2.05) is 38.1 Å². The minimum atomic E-state index is -0.558. The maximum absolute atomic E-state index is 12.0. The first kappa shape index (κ1) is 25.5. The highest BCUT2D eigenvalue weighted by atomic mass is 16.5. The highest BCUT2D eigenvalue weighted by Gasteiger charge is 2.18. The molecule has 2 aromatic carbocycles. The second-order valence-corrected chi connectivity index (χ2v) is 8.49. The van der Waals surface area contributed by atoms with Gasteiger partial charge in [-0.2, -0.15) is 0 Å². The number of ether oxygens (including phenoxy) is 3. The second kappa shape index (κ2) is 11.8. The van der Waals surface area contributed by atoms with Gasteiger partial charge >= 0.3 is 0 Å². The molecule has 0 aliphatic heterocycles. The van der Waals surface area contributed by atoms with Gasteiger partial charge in [-0.1, -0.05) is 12.1 Å². The minimum Gasteiger partial charge on any atom is -0.496 e. The number of amides is 1. The fourth-order valence-corrected chi connectivity index (χ4v) is 3.94. The molecule has 0 radical (unpaired) electrons. The van der Waals surface area contributed by atoms with Crippen molar-refractivity contribution in [1.29, 1.82) is 0 Å². The average Bonchev–Trinajstić information content (AvgIpc) is 2.75. The quantitative estimate of drug-likeness (QED) is 0.513. The molecule has 1 atom stereocenters. The zero-order chi connectivity index (χ0) is 23.8. The van der Waals surface area contributed by atoms with Crippen LogP contribution >= 0.6 is 0 Å². The molecule has 0 aliphatic rings. The average molecular weight is 443 g/mol. The highest BCUT2D eigenvalue weighted by Crippen LogP contribution is 2.38. The summed E-state index contributed by atoms with van der Waals surface area (Å²) in [5.74, 6) is 2.53. The van der Waals surface area contributed by atoms with Gasteiger partial charge in [0.05, 0.1) is 26.9 Å². The lowest BCUT2D eigenvalue weighted by Crippen LogP contribution is -2.44. The molecule has 2 aromatic rings. The van der Waals surface area contributed by atoms with Gasteiger partial charge in [0.2, 0.25) is 5.91 Å². The predicted molar refractivity (Wildman–Crippen MR) is 129 cm³/mol. The molecule has 6 heteroatoms. The molecule has 0 saturated heterocycles. The van der Waals surface area contributed by atoms with E-state index in [0.717, 1.165) is 52.3 Å². The smallest absolute Gasteiger partial charge is 0.237 e. The van der Waals surface area contributed by atoms with Gasteiger partial charge in [0, 0.05) is 11.6 Å². The van der Waals surface area contributed by atoms with Crippen molar-refractivity contribution in [3.05, 3.63) is 52.1 Å². The lowest BCUT2D eigenvalue weighted by atomic mass is 9.94. The number of carbonyl (C=O) groups excluding carboxylic acids is 1. The Balaban J connectivity index is 1.92. The first-order chi connectivity index (χ1) is 15.2. The number of carbonyl (C=O) groups is 1. The molecule has 2 rings (SSSR count). The third-order valence-electron chi connectivity index (χ3n) is 5.71. The lowest BCUT2D eigenvalue weighted by Gasteiger charge is -2.20. The Morgan fingerprint density at radius 3 is 2.12 bits per heavy atom. The monoisotopic (exact) mass is 442 g/mol. The minimum absolute atomic E-state index is 0.0815. The summed E-state index contributed by atoms with van der Waals surface area (Å²) in [6.45, 7) is 10.6. The molecular formula is C26H38N2O4. The van der Waals surface area contributed by atoms with Gasteiger partial charge in [-0.05, 0) is 88.3 Å². The van der Waals surface area contributed by atoms with E-state index in [-0.39, 0.29) is 11.9 Å². The first-order valence-corrected chi connectivity index (χ1v) is 11.2. The van der Waals surface area contributed by atoms with Gasteiger partial charge in [-0.15, -0.1) is 0 Å². The molecule has 176 valence electrons. The van der Waals surface area contributed by atoms with Crippen LogP contribution in [0.1, 0.15) is 48.1 Å². The van der Waals surface area contributed by atoms with E-state index >= 15 is 0 Å². The molecule has 0 bridgehead atoms. The SMILES string of the molecule is COc1c(C)c(C)c(OC)c(CCCOc2ccc(CC(N)C(=O)NC(C)C)cc2)c1C.